The van der Waals surface area contributed by atoms with Crippen molar-refractivity contribution in [3.63, 3.8) is 0 Å². The standard InChI is InChI=1S/C7H7ClF2N2/c8-4-1-6(9)5(3-12-11)7(10)2-4/h1-2,12H,3,11H2. The van der Waals surface area contributed by atoms with Gasteiger partial charge in [0.2, 0.25) is 0 Å². The van der Waals surface area contributed by atoms with Crippen molar-refractivity contribution in [2.24, 2.45) is 5.84 Å². The third kappa shape index (κ3) is 1.91. The summed E-state index contributed by atoms with van der Waals surface area (Å²) in [6.07, 6.45) is 0. The van der Waals surface area contributed by atoms with E-state index >= 15 is 0 Å². The van der Waals surface area contributed by atoms with Crippen molar-refractivity contribution < 1.29 is 8.78 Å². The summed E-state index contributed by atoms with van der Waals surface area (Å²) in [6, 6.07) is 2.08. The average molecular weight is 193 g/mol. The fourth-order valence-electron chi connectivity index (χ4n) is 0.843. The van der Waals surface area contributed by atoms with Crippen LogP contribution in [0.25, 0.3) is 0 Å². The molecule has 0 saturated carbocycles. The van der Waals surface area contributed by atoms with Crippen LogP contribution in [0.4, 0.5) is 8.78 Å². The molecule has 0 aliphatic rings. The fraction of sp³-hybridized carbons (Fsp3) is 0.143. The van der Waals surface area contributed by atoms with E-state index < -0.39 is 11.6 Å². The normalized spacial score (nSPS) is 10.3. The summed E-state index contributed by atoms with van der Waals surface area (Å²) >= 11 is 5.39. The van der Waals surface area contributed by atoms with Crippen molar-refractivity contribution in [2.75, 3.05) is 0 Å². The molecule has 0 radical (unpaired) electrons. The van der Waals surface area contributed by atoms with E-state index in [9.17, 15) is 8.78 Å². The van der Waals surface area contributed by atoms with E-state index in [-0.39, 0.29) is 17.1 Å². The van der Waals surface area contributed by atoms with E-state index in [2.05, 4.69) is 5.43 Å². The second-order valence-corrected chi connectivity index (χ2v) is 2.67. The second kappa shape index (κ2) is 3.80. The summed E-state index contributed by atoms with van der Waals surface area (Å²) in [6.45, 7) is -0.0607. The van der Waals surface area contributed by atoms with Gasteiger partial charge in [-0.15, -0.1) is 0 Å². The maximum absolute atomic E-state index is 12.9. The van der Waals surface area contributed by atoms with Crippen LogP contribution in [0.3, 0.4) is 0 Å². The molecule has 0 aliphatic heterocycles. The molecular formula is C7H7ClF2N2. The Hall–Kier alpha value is -0.710. The minimum Gasteiger partial charge on any atom is -0.271 e. The molecule has 3 N–H and O–H groups in total. The van der Waals surface area contributed by atoms with Crippen LogP contribution >= 0.6 is 11.6 Å². The average Bonchev–Trinajstić information content (AvgIpc) is 1.96. The Morgan fingerprint density at radius 2 is 1.83 bits per heavy atom. The predicted molar refractivity (Wildman–Crippen MR) is 42.4 cm³/mol. The minimum atomic E-state index is -0.696. The Morgan fingerprint density at radius 3 is 2.25 bits per heavy atom. The fourth-order valence-corrected chi connectivity index (χ4v) is 1.03. The molecular weight excluding hydrogens is 186 g/mol. The van der Waals surface area contributed by atoms with E-state index in [4.69, 9.17) is 17.4 Å². The number of nitrogens with one attached hydrogen (secondary N) is 1. The monoisotopic (exact) mass is 192 g/mol. The molecule has 0 fully saturated rings. The summed E-state index contributed by atoms with van der Waals surface area (Å²) in [7, 11) is 0. The molecule has 0 atom stereocenters. The van der Waals surface area contributed by atoms with Crippen molar-refractivity contribution >= 4 is 11.6 Å². The van der Waals surface area contributed by atoms with Gasteiger partial charge in [-0.25, -0.2) is 8.78 Å². The number of hydrogen-bond acceptors (Lipinski definition) is 2. The quantitative estimate of drug-likeness (QED) is 0.552. The summed E-state index contributed by atoms with van der Waals surface area (Å²) in [5, 5.41) is 0.0331. The van der Waals surface area contributed by atoms with Crippen LogP contribution in [0.5, 0.6) is 0 Å². The number of rotatable bonds is 2. The van der Waals surface area contributed by atoms with Crippen LogP contribution in [0, 0.1) is 11.6 Å². The number of benzene rings is 1. The Kier molecular flexibility index (Phi) is 2.97. The zero-order valence-corrected chi connectivity index (χ0v) is 6.83. The molecule has 0 saturated heterocycles. The molecule has 1 aromatic carbocycles. The van der Waals surface area contributed by atoms with Gasteiger partial charge in [-0.1, -0.05) is 11.6 Å². The molecule has 0 unspecified atom stereocenters. The van der Waals surface area contributed by atoms with Gasteiger partial charge in [-0.05, 0) is 12.1 Å². The van der Waals surface area contributed by atoms with Crippen LogP contribution in [0.2, 0.25) is 5.02 Å². The van der Waals surface area contributed by atoms with Gasteiger partial charge in [-0.2, -0.15) is 0 Å². The molecule has 1 rings (SSSR count). The molecule has 0 heterocycles. The van der Waals surface area contributed by atoms with Gasteiger partial charge in [-0.3, -0.25) is 11.3 Å². The summed E-state index contributed by atoms with van der Waals surface area (Å²) in [5.41, 5.74) is 2.05. The highest BCUT2D eigenvalue weighted by Gasteiger charge is 2.08. The van der Waals surface area contributed by atoms with Gasteiger partial charge in [0.1, 0.15) is 11.6 Å². The SMILES string of the molecule is NNCc1c(F)cc(Cl)cc1F. The van der Waals surface area contributed by atoms with Crippen molar-refractivity contribution in [2.45, 2.75) is 6.54 Å². The van der Waals surface area contributed by atoms with Crippen molar-refractivity contribution in [1.82, 2.24) is 5.43 Å². The number of nitrogens with two attached hydrogens (primary N) is 1. The van der Waals surface area contributed by atoms with Crippen LogP contribution in [0.15, 0.2) is 12.1 Å². The third-order valence-electron chi connectivity index (χ3n) is 1.38. The summed E-state index contributed by atoms with van der Waals surface area (Å²) in [5.74, 6) is 3.53. The molecule has 5 heteroatoms. The second-order valence-electron chi connectivity index (χ2n) is 2.23. The van der Waals surface area contributed by atoms with Crippen molar-refractivity contribution in [1.29, 1.82) is 0 Å². The van der Waals surface area contributed by atoms with E-state index in [0.29, 0.717) is 0 Å². The summed E-state index contributed by atoms with van der Waals surface area (Å²) in [4.78, 5) is 0. The Balaban J connectivity index is 3.10. The highest BCUT2D eigenvalue weighted by atomic mass is 35.5. The molecule has 0 aromatic heterocycles. The molecule has 0 bridgehead atoms. The highest BCUT2D eigenvalue weighted by Crippen LogP contribution is 2.18. The summed E-state index contributed by atoms with van der Waals surface area (Å²) < 4.78 is 25.8. The van der Waals surface area contributed by atoms with E-state index in [1.165, 1.54) is 0 Å². The van der Waals surface area contributed by atoms with Gasteiger partial charge >= 0.3 is 0 Å². The van der Waals surface area contributed by atoms with Gasteiger partial charge in [0.05, 0.1) is 0 Å². The number of halogens is 3. The molecule has 1 aromatic rings. The number of hydrazine groups is 1. The molecule has 2 nitrogen and oxygen atoms in total. The predicted octanol–water partition coefficient (Wildman–Crippen LogP) is 1.58. The van der Waals surface area contributed by atoms with Crippen LogP contribution < -0.4 is 11.3 Å². The third-order valence-corrected chi connectivity index (χ3v) is 1.60. The smallest absolute Gasteiger partial charge is 0.132 e. The van der Waals surface area contributed by atoms with Crippen molar-refractivity contribution in [3.8, 4) is 0 Å². The zero-order valence-electron chi connectivity index (χ0n) is 6.07. The Labute approximate surface area is 73.3 Å². The maximum atomic E-state index is 12.9. The van der Waals surface area contributed by atoms with E-state index in [1.54, 1.807) is 0 Å². The lowest BCUT2D eigenvalue weighted by molar-refractivity contribution is 0.540. The van der Waals surface area contributed by atoms with Crippen molar-refractivity contribution in [3.05, 3.63) is 34.4 Å². The first-order chi connectivity index (χ1) is 5.65. The first-order valence-electron chi connectivity index (χ1n) is 3.22. The number of hydrogen-bond donors (Lipinski definition) is 2. The minimum absolute atomic E-state index is 0.0331. The Morgan fingerprint density at radius 1 is 1.33 bits per heavy atom. The topological polar surface area (TPSA) is 38.0 Å². The largest absolute Gasteiger partial charge is 0.271 e. The van der Waals surface area contributed by atoms with Gasteiger partial charge < -0.3 is 0 Å². The van der Waals surface area contributed by atoms with Gasteiger partial charge in [0, 0.05) is 17.1 Å². The van der Waals surface area contributed by atoms with Crippen LogP contribution in [0.1, 0.15) is 5.56 Å². The van der Waals surface area contributed by atoms with Crippen LogP contribution in [-0.4, -0.2) is 0 Å². The van der Waals surface area contributed by atoms with E-state index in [1.807, 2.05) is 0 Å². The lowest BCUT2D eigenvalue weighted by Gasteiger charge is -2.03. The van der Waals surface area contributed by atoms with Gasteiger partial charge in [0.25, 0.3) is 0 Å². The van der Waals surface area contributed by atoms with E-state index in [0.717, 1.165) is 12.1 Å². The zero-order chi connectivity index (χ0) is 9.14. The molecule has 66 valence electrons. The molecule has 0 amide bonds. The first kappa shape index (κ1) is 9.38. The molecule has 0 aliphatic carbocycles. The molecule has 12 heavy (non-hydrogen) atoms. The highest BCUT2D eigenvalue weighted by molar-refractivity contribution is 6.30. The lowest BCUT2D eigenvalue weighted by Crippen LogP contribution is -2.22. The first-order valence-corrected chi connectivity index (χ1v) is 3.60. The lowest BCUT2D eigenvalue weighted by atomic mass is 10.2. The maximum Gasteiger partial charge on any atom is 0.132 e. The molecule has 0 spiro atoms. The van der Waals surface area contributed by atoms with Crippen LogP contribution in [-0.2, 0) is 6.54 Å². The van der Waals surface area contributed by atoms with Gasteiger partial charge in [0.15, 0.2) is 0 Å². The Bertz CT molecular complexity index is 268.